The maximum absolute atomic E-state index is 12.8. The van der Waals surface area contributed by atoms with Crippen LogP contribution in [0.2, 0.25) is 0 Å². The highest BCUT2D eigenvalue weighted by atomic mass is 16.2. The van der Waals surface area contributed by atoms with E-state index in [1.165, 1.54) is 0 Å². The lowest BCUT2D eigenvalue weighted by atomic mass is 10.1. The number of nitrogens with zero attached hydrogens (tertiary/aromatic N) is 2. The van der Waals surface area contributed by atoms with Crippen LogP contribution in [0.15, 0.2) is 48.5 Å². The van der Waals surface area contributed by atoms with Crippen LogP contribution >= 0.6 is 0 Å². The predicted molar refractivity (Wildman–Crippen MR) is 96.3 cm³/mol. The van der Waals surface area contributed by atoms with Crippen molar-refractivity contribution < 1.29 is 9.59 Å². The predicted octanol–water partition coefficient (Wildman–Crippen LogP) is 2.73. The Hall–Kier alpha value is -3.33. The van der Waals surface area contributed by atoms with Crippen LogP contribution in [0.5, 0.6) is 0 Å². The summed E-state index contributed by atoms with van der Waals surface area (Å²) in [7, 11) is 0. The van der Waals surface area contributed by atoms with Gasteiger partial charge in [-0.25, -0.2) is 0 Å². The number of hydrogen-bond donors (Lipinski definition) is 2. The van der Waals surface area contributed by atoms with Gasteiger partial charge in [-0.3, -0.25) is 9.59 Å². The SMILES string of the molecule is CC1CC(=O)Nc2ccccc2N1C(=O)CNc1cccc(C#N)c1. The third kappa shape index (κ3) is 3.61. The lowest BCUT2D eigenvalue weighted by molar-refractivity contribution is -0.118. The Bertz CT molecular complexity index is 856. The van der Waals surface area contributed by atoms with Crippen molar-refractivity contribution in [3.05, 3.63) is 54.1 Å². The van der Waals surface area contributed by atoms with Crippen molar-refractivity contribution in [2.45, 2.75) is 19.4 Å². The molecule has 1 heterocycles. The van der Waals surface area contributed by atoms with Gasteiger partial charge in [0.15, 0.2) is 0 Å². The number of hydrogen-bond acceptors (Lipinski definition) is 4. The minimum atomic E-state index is -0.247. The van der Waals surface area contributed by atoms with Gasteiger partial charge in [-0.05, 0) is 37.3 Å². The van der Waals surface area contributed by atoms with E-state index in [0.717, 1.165) is 0 Å². The summed E-state index contributed by atoms with van der Waals surface area (Å²) >= 11 is 0. The highest BCUT2D eigenvalue weighted by Crippen LogP contribution is 2.31. The molecule has 2 aromatic rings. The number of amides is 2. The van der Waals surface area contributed by atoms with Gasteiger partial charge in [-0.1, -0.05) is 18.2 Å². The highest BCUT2D eigenvalue weighted by molar-refractivity contribution is 6.05. The molecule has 1 aliphatic rings. The minimum Gasteiger partial charge on any atom is -0.376 e. The quantitative estimate of drug-likeness (QED) is 0.904. The lowest BCUT2D eigenvalue weighted by Crippen LogP contribution is -2.42. The molecule has 2 amide bonds. The molecule has 0 aliphatic carbocycles. The van der Waals surface area contributed by atoms with Crippen molar-refractivity contribution >= 4 is 28.9 Å². The molecule has 0 saturated carbocycles. The zero-order valence-electron chi connectivity index (χ0n) is 13.8. The molecule has 0 spiro atoms. The summed E-state index contributed by atoms with van der Waals surface area (Å²) in [6, 6.07) is 16.1. The summed E-state index contributed by atoms with van der Waals surface area (Å²) in [6.07, 6.45) is 0.240. The lowest BCUT2D eigenvalue weighted by Gasteiger charge is -2.28. The fraction of sp³-hybridized carbons (Fsp3) is 0.211. The average molecular weight is 334 g/mol. The van der Waals surface area contributed by atoms with Crippen LogP contribution in [0.1, 0.15) is 18.9 Å². The zero-order valence-corrected chi connectivity index (χ0v) is 13.8. The first-order valence-electron chi connectivity index (χ1n) is 8.03. The second-order valence-corrected chi connectivity index (χ2v) is 5.93. The van der Waals surface area contributed by atoms with Crippen molar-refractivity contribution in [1.29, 1.82) is 5.26 Å². The third-order valence-corrected chi connectivity index (χ3v) is 4.06. The second-order valence-electron chi connectivity index (χ2n) is 5.93. The van der Waals surface area contributed by atoms with Crippen LogP contribution in [-0.4, -0.2) is 24.4 Å². The van der Waals surface area contributed by atoms with E-state index in [2.05, 4.69) is 16.7 Å². The van der Waals surface area contributed by atoms with Crippen LogP contribution < -0.4 is 15.5 Å². The Labute approximate surface area is 146 Å². The van der Waals surface area contributed by atoms with Gasteiger partial charge in [0, 0.05) is 18.2 Å². The average Bonchev–Trinajstić information content (AvgIpc) is 2.74. The molecule has 1 unspecified atom stereocenters. The van der Waals surface area contributed by atoms with Crippen molar-refractivity contribution in [2.75, 3.05) is 22.1 Å². The number of carbonyl (C=O) groups excluding carboxylic acids is 2. The molecule has 0 bridgehead atoms. The van der Waals surface area contributed by atoms with E-state index in [9.17, 15) is 9.59 Å². The number of benzene rings is 2. The number of para-hydroxylation sites is 2. The first-order chi connectivity index (χ1) is 12.1. The molecule has 3 rings (SSSR count). The van der Waals surface area contributed by atoms with E-state index in [0.29, 0.717) is 22.6 Å². The highest BCUT2D eigenvalue weighted by Gasteiger charge is 2.29. The van der Waals surface area contributed by atoms with Crippen LogP contribution in [0.3, 0.4) is 0 Å². The number of nitriles is 1. The zero-order chi connectivity index (χ0) is 17.8. The first kappa shape index (κ1) is 16.5. The van der Waals surface area contributed by atoms with Crippen LogP contribution in [0, 0.1) is 11.3 Å². The van der Waals surface area contributed by atoms with Gasteiger partial charge in [0.1, 0.15) is 0 Å². The monoisotopic (exact) mass is 334 g/mol. The van der Waals surface area contributed by atoms with Gasteiger partial charge in [0.25, 0.3) is 0 Å². The van der Waals surface area contributed by atoms with E-state index in [1.54, 1.807) is 35.2 Å². The van der Waals surface area contributed by atoms with Crippen LogP contribution in [-0.2, 0) is 9.59 Å². The molecule has 1 aliphatic heterocycles. The molecule has 6 heteroatoms. The molecule has 25 heavy (non-hydrogen) atoms. The fourth-order valence-electron chi connectivity index (χ4n) is 2.93. The molecular formula is C19H18N4O2. The van der Waals surface area contributed by atoms with Gasteiger partial charge >= 0.3 is 0 Å². The van der Waals surface area contributed by atoms with E-state index >= 15 is 0 Å². The van der Waals surface area contributed by atoms with Gasteiger partial charge in [0.05, 0.1) is 29.6 Å². The molecular weight excluding hydrogens is 316 g/mol. The number of fused-ring (bicyclic) bond motifs is 1. The van der Waals surface area contributed by atoms with E-state index in [4.69, 9.17) is 5.26 Å². The number of rotatable bonds is 3. The maximum Gasteiger partial charge on any atom is 0.246 e. The molecule has 0 saturated heterocycles. The van der Waals surface area contributed by atoms with Crippen molar-refractivity contribution in [3.63, 3.8) is 0 Å². The smallest absolute Gasteiger partial charge is 0.246 e. The van der Waals surface area contributed by atoms with E-state index in [1.807, 2.05) is 25.1 Å². The Morgan fingerprint density at radius 3 is 2.92 bits per heavy atom. The van der Waals surface area contributed by atoms with Crippen molar-refractivity contribution in [2.24, 2.45) is 0 Å². The summed E-state index contributed by atoms with van der Waals surface area (Å²) in [5.74, 6) is -0.247. The molecule has 126 valence electrons. The Morgan fingerprint density at radius 1 is 1.32 bits per heavy atom. The number of anilines is 3. The first-order valence-corrected chi connectivity index (χ1v) is 8.03. The molecule has 2 aromatic carbocycles. The number of carbonyl (C=O) groups is 2. The molecule has 0 fully saturated rings. The van der Waals surface area contributed by atoms with Crippen LogP contribution in [0.25, 0.3) is 0 Å². The maximum atomic E-state index is 12.8. The summed E-state index contributed by atoms with van der Waals surface area (Å²) in [5, 5.41) is 14.8. The third-order valence-electron chi connectivity index (χ3n) is 4.06. The van der Waals surface area contributed by atoms with Crippen LogP contribution in [0.4, 0.5) is 17.1 Å². The van der Waals surface area contributed by atoms with Gasteiger partial charge in [-0.15, -0.1) is 0 Å². The summed E-state index contributed by atoms with van der Waals surface area (Å²) in [6.45, 7) is 1.93. The summed E-state index contributed by atoms with van der Waals surface area (Å²) < 4.78 is 0. The fourth-order valence-corrected chi connectivity index (χ4v) is 2.93. The largest absolute Gasteiger partial charge is 0.376 e. The molecule has 2 N–H and O–H groups in total. The second kappa shape index (κ2) is 7.05. The molecule has 1 atom stereocenters. The standard InChI is InChI=1S/C19H18N4O2/c1-13-9-18(24)22-16-7-2-3-8-17(16)23(13)19(25)12-21-15-6-4-5-14(10-15)11-20/h2-8,10,13,21H,9,12H2,1H3,(H,22,24). The van der Waals surface area contributed by atoms with Crippen molar-refractivity contribution in [3.8, 4) is 6.07 Å². The Kier molecular flexibility index (Phi) is 4.66. The summed E-state index contributed by atoms with van der Waals surface area (Å²) in [4.78, 5) is 26.4. The van der Waals surface area contributed by atoms with E-state index in [-0.39, 0.29) is 30.8 Å². The van der Waals surface area contributed by atoms with E-state index < -0.39 is 0 Å². The topological polar surface area (TPSA) is 85.2 Å². The Morgan fingerprint density at radius 2 is 2.12 bits per heavy atom. The molecule has 0 radical (unpaired) electrons. The molecule has 6 nitrogen and oxygen atoms in total. The Balaban J connectivity index is 1.80. The minimum absolute atomic E-state index is 0.0712. The normalized spacial score (nSPS) is 16.2. The molecule has 0 aromatic heterocycles. The number of nitrogens with one attached hydrogen (secondary N) is 2. The van der Waals surface area contributed by atoms with Gasteiger partial charge in [-0.2, -0.15) is 5.26 Å². The van der Waals surface area contributed by atoms with Gasteiger partial charge < -0.3 is 15.5 Å². The van der Waals surface area contributed by atoms with Crippen molar-refractivity contribution in [1.82, 2.24) is 0 Å². The summed E-state index contributed by atoms with van der Waals surface area (Å²) in [5.41, 5.74) is 2.56. The van der Waals surface area contributed by atoms with Gasteiger partial charge in [0.2, 0.25) is 11.8 Å².